The third kappa shape index (κ3) is 3.25. The van der Waals surface area contributed by atoms with E-state index in [0.29, 0.717) is 22.8 Å². The first-order chi connectivity index (χ1) is 10.7. The number of nitrogens with one attached hydrogen (secondary N) is 1. The van der Waals surface area contributed by atoms with E-state index in [1.54, 1.807) is 6.20 Å². The fourth-order valence-electron chi connectivity index (χ4n) is 2.60. The van der Waals surface area contributed by atoms with E-state index >= 15 is 0 Å². The molecule has 1 aliphatic rings. The van der Waals surface area contributed by atoms with Crippen LogP contribution in [0.5, 0.6) is 0 Å². The average Bonchev–Trinajstić information content (AvgIpc) is 3.18. The smallest absolute Gasteiger partial charge is 0.323 e. The van der Waals surface area contributed by atoms with E-state index < -0.39 is 0 Å². The molecule has 7 nitrogen and oxygen atoms in total. The number of piperidine rings is 1. The number of nitrogens with zero attached hydrogens (tertiary/aromatic N) is 5. The van der Waals surface area contributed by atoms with E-state index in [9.17, 15) is 4.79 Å². The van der Waals surface area contributed by atoms with Crippen molar-refractivity contribution in [3.63, 3.8) is 0 Å². The molecule has 3 heterocycles. The number of hydrogen-bond acceptors (Lipinski definition) is 6. The van der Waals surface area contributed by atoms with Gasteiger partial charge >= 0.3 is 6.03 Å². The molecule has 0 aliphatic carbocycles. The number of likely N-dealkylation sites (tertiary alicyclic amines) is 1. The first-order valence-corrected chi connectivity index (χ1v) is 9.08. The summed E-state index contributed by atoms with van der Waals surface area (Å²) >= 11 is 2.67. The summed E-state index contributed by atoms with van der Waals surface area (Å²) < 4.78 is 6.23. The molecule has 0 radical (unpaired) electrons. The van der Waals surface area contributed by atoms with Crippen molar-refractivity contribution < 1.29 is 4.79 Å². The van der Waals surface area contributed by atoms with Crippen molar-refractivity contribution in [2.45, 2.75) is 24.5 Å². The summed E-state index contributed by atoms with van der Waals surface area (Å²) in [7, 11) is 0. The molecule has 0 saturated carbocycles. The normalized spacial score (nSPS) is 21.8. The van der Waals surface area contributed by atoms with Crippen molar-refractivity contribution in [1.82, 2.24) is 23.8 Å². The number of urea groups is 1. The predicted molar refractivity (Wildman–Crippen MR) is 87.3 cm³/mol. The zero-order valence-electron chi connectivity index (χ0n) is 12.5. The molecule has 2 atom stereocenters. The van der Waals surface area contributed by atoms with E-state index in [1.807, 2.05) is 23.7 Å². The molecule has 0 spiro atoms. The Morgan fingerprint density at radius 3 is 3.09 bits per heavy atom. The Bertz CT molecular complexity index is 628. The van der Waals surface area contributed by atoms with Crippen LogP contribution in [0.2, 0.25) is 0 Å². The van der Waals surface area contributed by atoms with Crippen LogP contribution in [0.4, 0.5) is 9.93 Å². The number of carbonyl (C=O) groups is 1. The summed E-state index contributed by atoms with van der Waals surface area (Å²) in [5.74, 6) is 0.517. The highest BCUT2D eigenvalue weighted by Crippen LogP contribution is 2.28. The molecule has 1 fully saturated rings. The maximum absolute atomic E-state index is 12.4. The van der Waals surface area contributed by atoms with Gasteiger partial charge in [-0.3, -0.25) is 5.32 Å². The SMILES string of the molecule is CSc1nsc(NC(=O)N2CC[C@H](C)[C@@H](n3ccnc3)C2)n1. The van der Waals surface area contributed by atoms with Crippen LogP contribution in [0.1, 0.15) is 19.4 Å². The number of rotatable bonds is 3. The fourth-order valence-corrected chi connectivity index (χ4v) is 3.72. The topological polar surface area (TPSA) is 75.9 Å². The molecule has 1 N–H and O–H groups in total. The summed E-state index contributed by atoms with van der Waals surface area (Å²) in [5.41, 5.74) is 0. The van der Waals surface area contributed by atoms with E-state index in [2.05, 4.69) is 31.1 Å². The molecule has 2 aromatic heterocycles. The summed E-state index contributed by atoms with van der Waals surface area (Å²) in [6.45, 7) is 3.65. The van der Waals surface area contributed by atoms with Gasteiger partial charge in [-0.2, -0.15) is 9.36 Å². The summed E-state index contributed by atoms with van der Waals surface area (Å²) in [4.78, 5) is 22.6. The second kappa shape index (κ2) is 6.66. The minimum atomic E-state index is -0.110. The van der Waals surface area contributed by atoms with Crippen molar-refractivity contribution in [2.75, 3.05) is 24.7 Å². The van der Waals surface area contributed by atoms with E-state index in [1.165, 1.54) is 23.3 Å². The molecule has 2 amide bonds. The number of amides is 2. The quantitative estimate of drug-likeness (QED) is 0.871. The molecule has 0 unspecified atom stereocenters. The largest absolute Gasteiger partial charge is 0.332 e. The van der Waals surface area contributed by atoms with Crippen LogP contribution in [-0.2, 0) is 0 Å². The van der Waals surface area contributed by atoms with Gasteiger partial charge in [0.25, 0.3) is 0 Å². The lowest BCUT2D eigenvalue weighted by atomic mass is 9.93. The third-order valence-electron chi connectivity index (χ3n) is 3.92. The molecule has 1 saturated heterocycles. The van der Waals surface area contributed by atoms with Gasteiger partial charge in [-0.1, -0.05) is 18.7 Å². The summed E-state index contributed by atoms with van der Waals surface area (Å²) in [6, 6.07) is 0.152. The van der Waals surface area contributed by atoms with E-state index in [0.717, 1.165) is 13.0 Å². The van der Waals surface area contributed by atoms with Crippen LogP contribution in [0.25, 0.3) is 0 Å². The Morgan fingerprint density at radius 1 is 1.55 bits per heavy atom. The van der Waals surface area contributed by atoms with Crippen LogP contribution < -0.4 is 5.32 Å². The third-order valence-corrected chi connectivity index (χ3v) is 5.21. The molecule has 22 heavy (non-hydrogen) atoms. The van der Waals surface area contributed by atoms with Gasteiger partial charge in [0.15, 0.2) is 0 Å². The van der Waals surface area contributed by atoms with E-state index in [-0.39, 0.29) is 12.1 Å². The minimum absolute atomic E-state index is 0.110. The number of hydrogen-bond donors (Lipinski definition) is 1. The molecule has 0 aromatic carbocycles. The highest BCUT2D eigenvalue weighted by Gasteiger charge is 2.30. The Morgan fingerprint density at radius 2 is 2.41 bits per heavy atom. The Balaban J connectivity index is 1.65. The van der Waals surface area contributed by atoms with Crippen LogP contribution in [0.3, 0.4) is 0 Å². The van der Waals surface area contributed by atoms with Crippen molar-refractivity contribution in [1.29, 1.82) is 0 Å². The van der Waals surface area contributed by atoms with Gasteiger partial charge in [0, 0.05) is 37.0 Å². The average molecular weight is 338 g/mol. The number of anilines is 1. The number of imidazole rings is 1. The Hall–Kier alpha value is -1.61. The molecule has 118 valence electrons. The van der Waals surface area contributed by atoms with Gasteiger partial charge in [0.05, 0.1) is 12.4 Å². The number of carbonyl (C=O) groups excluding carboxylic acids is 1. The highest BCUT2D eigenvalue weighted by molar-refractivity contribution is 7.98. The van der Waals surface area contributed by atoms with Crippen LogP contribution in [-0.4, -0.2) is 49.2 Å². The number of thioether (sulfide) groups is 1. The standard InChI is InChI=1S/C13H18N6OS2/c1-9-3-5-18(7-10(9)19-6-4-14-8-19)13(20)16-11-15-12(21-2)17-22-11/h4,6,8-10H,3,5,7H2,1-2H3,(H,15,16,17,20)/t9-,10-/m0/s1. The van der Waals surface area contributed by atoms with Gasteiger partial charge in [-0.15, -0.1) is 0 Å². The maximum atomic E-state index is 12.4. The van der Waals surface area contributed by atoms with Crippen molar-refractivity contribution in [3.8, 4) is 0 Å². The predicted octanol–water partition coefficient (Wildman–Crippen LogP) is 2.57. The zero-order valence-corrected chi connectivity index (χ0v) is 14.1. The molecular weight excluding hydrogens is 320 g/mol. The molecule has 3 rings (SSSR count). The van der Waals surface area contributed by atoms with Crippen LogP contribution >= 0.6 is 23.3 Å². The first-order valence-electron chi connectivity index (χ1n) is 7.08. The van der Waals surface area contributed by atoms with Gasteiger partial charge in [-0.05, 0) is 18.6 Å². The van der Waals surface area contributed by atoms with Crippen molar-refractivity contribution >= 4 is 34.5 Å². The lowest BCUT2D eigenvalue weighted by molar-refractivity contribution is 0.149. The van der Waals surface area contributed by atoms with Crippen LogP contribution in [0, 0.1) is 5.92 Å². The lowest BCUT2D eigenvalue weighted by Crippen LogP contribution is -2.45. The molecule has 9 heteroatoms. The van der Waals surface area contributed by atoms with Gasteiger partial charge in [0.1, 0.15) is 0 Å². The second-order valence-electron chi connectivity index (χ2n) is 5.31. The molecule has 0 bridgehead atoms. The zero-order chi connectivity index (χ0) is 15.5. The Kier molecular flexibility index (Phi) is 4.63. The summed E-state index contributed by atoms with van der Waals surface area (Å²) in [6.07, 6.45) is 8.44. The maximum Gasteiger partial charge on any atom is 0.323 e. The van der Waals surface area contributed by atoms with E-state index in [4.69, 9.17) is 0 Å². The molecule has 2 aromatic rings. The van der Waals surface area contributed by atoms with Crippen LogP contribution in [0.15, 0.2) is 23.9 Å². The monoisotopic (exact) mass is 338 g/mol. The molecular formula is C13H18N6OS2. The van der Waals surface area contributed by atoms with Gasteiger partial charge < -0.3 is 9.47 Å². The molecule has 1 aliphatic heterocycles. The van der Waals surface area contributed by atoms with Crippen molar-refractivity contribution in [3.05, 3.63) is 18.7 Å². The van der Waals surface area contributed by atoms with Gasteiger partial charge in [0.2, 0.25) is 10.3 Å². The fraction of sp³-hybridized carbons (Fsp3) is 0.538. The first kappa shape index (κ1) is 15.3. The lowest BCUT2D eigenvalue weighted by Gasteiger charge is -2.37. The summed E-state index contributed by atoms with van der Waals surface area (Å²) in [5, 5.41) is 4.07. The second-order valence-corrected chi connectivity index (χ2v) is 6.83. The van der Waals surface area contributed by atoms with Crippen molar-refractivity contribution in [2.24, 2.45) is 5.92 Å². The highest BCUT2D eigenvalue weighted by atomic mass is 32.2. The minimum Gasteiger partial charge on any atom is -0.332 e. The van der Waals surface area contributed by atoms with Gasteiger partial charge in [-0.25, -0.2) is 9.78 Å². The Labute approximate surface area is 137 Å². The number of aromatic nitrogens is 4.